The summed E-state index contributed by atoms with van der Waals surface area (Å²) in [7, 11) is 0. The molecular weight excluding hydrogens is 124 g/mol. The molecular formula is C8H4N2. The summed E-state index contributed by atoms with van der Waals surface area (Å²) in [6, 6.07) is 7.69. The molecule has 1 aromatic heterocycles. The minimum atomic E-state index is 0.887. The predicted molar refractivity (Wildman–Crippen MR) is 37.2 cm³/mol. The van der Waals surface area contributed by atoms with Crippen molar-refractivity contribution < 1.29 is 0 Å². The average Bonchev–Trinajstić information content (AvgIpc) is 2.05. The zero-order valence-corrected chi connectivity index (χ0v) is 5.20. The van der Waals surface area contributed by atoms with Crippen LogP contribution in [0.15, 0.2) is 24.3 Å². The molecule has 0 saturated carbocycles. The van der Waals surface area contributed by atoms with Crippen molar-refractivity contribution in [1.29, 1.82) is 0 Å². The highest BCUT2D eigenvalue weighted by Gasteiger charge is 1.89. The Morgan fingerprint density at radius 2 is 2.10 bits per heavy atom. The number of rotatable bonds is 0. The number of fused-ring (bicyclic) bond motifs is 1. The van der Waals surface area contributed by atoms with E-state index in [0.717, 1.165) is 10.9 Å². The van der Waals surface area contributed by atoms with Crippen molar-refractivity contribution in [3.05, 3.63) is 36.8 Å². The average molecular weight is 128 g/mol. The maximum absolute atomic E-state index is 3.91. The molecule has 0 aliphatic carbocycles. The van der Waals surface area contributed by atoms with Crippen LogP contribution >= 0.6 is 0 Å². The fourth-order valence-electron chi connectivity index (χ4n) is 0.830. The van der Waals surface area contributed by atoms with Crippen LogP contribution in [-0.4, -0.2) is 9.97 Å². The molecule has 0 aliphatic heterocycles. The maximum atomic E-state index is 3.91. The molecule has 0 spiro atoms. The van der Waals surface area contributed by atoms with Crippen LogP contribution in [0.3, 0.4) is 0 Å². The van der Waals surface area contributed by atoms with Crippen molar-refractivity contribution in [2.75, 3.05) is 0 Å². The van der Waals surface area contributed by atoms with E-state index in [1.807, 2.05) is 24.3 Å². The molecule has 10 heavy (non-hydrogen) atoms. The molecule has 2 nitrogen and oxygen atoms in total. The van der Waals surface area contributed by atoms with Gasteiger partial charge in [-0.1, -0.05) is 18.2 Å². The Labute approximate surface area is 58.6 Å². The standard InChI is InChI=1S/C8H4N2/c1-2-4-8-7(3-1)5-9-6-10-8/h1-4H. The Kier molecular flexibility index (Phi) is 1.10. The molecule has 0 amide bonds. The van der Waals surface area contributed by atoms with E-state index in [-0.39, 0.29) is 0 Å². The van der Waals surface area contributed by atoms with Gasteiger partial charge in [0.2, 0.25) is 0 Å². The van der Waals surface area contributed by atoms with Crippen molar-refractivity contribution in [3.63, 3.8) is 0 Å². The number of aromatic nitrogens is 2. The van der Waals surface area contributed by atoms with Crippen LogP contribution in [0.25, 0.3) is 10.9 Å². The summed E-state index contributed by atoms with van der Waals surface area (Å²) in [4.78, 5) is 7.57. The van der Waals surface area contributed by atoms with Crippen LogP contribution < -0.4 is 0 Å². The van der Waals surface area contributed by atoms with Gasteiger partial charge in [0.15, 0.2) is 6.33 Å². The van der Waals surface area contributed by atoms with Crippen molar-refractivity contribution in [2.45, 2.75) is 0 Å². The van der Waals surface area contributed by atoms with Crippen LogP contribution in [0, 0.1) is 12.5 Å². The van der Waals surface area contributed by atoms with Gasteiger partial charge in [-0.2, -0.15) is 0 Å². The van der Waals surface area contributed by atoms with Gasteiger partial charge >= 0.3 is 0 Å². The van der Waals surface area contributed by atoms with E-state index in [1.54, 1.807) is 0 Å². The highest BCUT2D eigenvalue weighted by Crippen LogP contribution is 2.05. The first-order valence-electron chi connectivity index (χ1n) is 2.97. The third kappa shape index (κ3) is 0.739. The molecule has 0 saturated heterocycles. The summed E-state index contributed by atoms with van der Waals surface area (Å²) < 4.78 is 0. The van der Waals surface area contributed by atoms with Gasteiger partial charge in [-0.3, -0.25) is 0 Å². The predicted octanol–water partition coefficient (Wildman–Crippen LogP) is 1.23. The van der Waals surface area contributed by atoms with Crippen molar-refractivity contribution >= 4 is 10.9 Å². The van der Waals surface area contributed by atoms with Crippen molar-refractivity contribution in [1.82, 2.24) is 9.97 Å². The molecule has 0 bridgehead atoms. The minimum Gasteiger partial charge on any atom is -0.225 e. The fourth-order valence-corrected chi connectivity index (χ4v) is 0.830. The molecule has 2 rings (SSSR count). The van der Waals surface area contributed by atoms with E-state index < -0.39 is 0 Å². The van der Waals surface area contributed by atoms with Crippen LogP contribution in [0.5, 0.6) is 0 Å². The van der Waals surface area contributed by atoms with E-state index in [0.29, 0.717) is 0 Å². The normalized spacial score (nSPS) is 10.0. The SMILES string of the molecule is [c]1n[c]c2ccccc2n1. The van der Waals surface area contributed by atoms with E-state index in [1.165, 1.54) is 0 Å². The van der Waals surface area contributed by atoms with Crippen LogP contribution in [0.1, 0.15) is 0 Å². The van der Waals surface area contributed by atoms with Crippen molar-refractivity contribution in [2.24, 2.45) is 0 Å². The second-order valence-corrected chi connectivity index (χ2v) is 1.95. The third-order valence-electron chi connectivity index (χ3n) is 1.30. The fraction of sp³-hybridized carbons (Fsp3) is 0. The van der Waals surface area contributed by atoms with Gasteiger partial charge in [0, 0.05) is 5.39 Å². The molecule has 0 N–H and O–H groups in total. The number of hydrogen-bond acceptors (Lipinski definition) is 2. The Hall–Kier alpha value is -1.44. The second-order valence-electron chi connectivity index (χ2n) is 1.95. The lowest BCUT2D eigenvalue weighted by molar-refractivity contribution is 1.19. The van der Waals surface area contributed by atoms with Gasteiger partial charge in [-0.15, -0.1) is 0 Å². The van der Waals surface area contributed by atoms with Gasteiger partial charge in [-0.25, -0.2) is 9.97 Å². The lowest BCUT2D eigenvalue weighted by Crippen LogP contribution is -1.79. The second kappa shape index (κ2) is 2.06. The Bertz CT molecular complexity index is 278. The van der Waals surface area contributed by atoms with Crippen LogP contribution in [0.2, 0.25) is 0 Å². The highest BCUT2D eigenvalue weighted by molar-refractivity contribution is 5.76. The Balaban J connectivity index is 2.89. The van der Waals surface area contributed by atoms with E-state index in [2.05, 4.69) is 22.5 Å². The largest absolute Gasteiger partial charge is 0.225 e. The molecule has 2 radical (unpaired) electrons. The van der Waals surface area contributed by atoms with Crippen LogP contribution in [-0.2, 0) is 0 Å². The maximum Gasteiger partial charge on any atom is 0.199 e. The molecule has 1 heterocycles. The van der Waals surface area contributed by atoms with E-state index in [4.69, 9.17) is 0 Å². The number of benzene rings is 1. The number of hydrogen-bond donors (Lipinski definition) is 0. The summed E-state index contributed by atoms with van der Waals surface area (Å²) in [6.07, 6.45) is 5.26. The number of para-hydroxylation sites is 1. The Morgan fingerprint density at radius 3 is 3.00 bits per heavy atom. The molecule has 2 heteroatoms. The third-order valence-corrected chi connectivity index (χ3v) is 1.30. The monoisotopic (exact) mass is 128 g/mol. The summed E-state index contributed by atoms with van der Waals surface area (Å²) in [5.41, 5.74) is 0.887. The van der Waals surface area contributed by atoms with Gasteiger partial charge in [0.1, 0.15) is 6.20 Å². The highest BCUT2D eigenvalue weighted by atomic mass is 14.8. The zero-order chi connectivity index (χ0) is 6.81. The lowest BCUT2D eigenvalue weighted by atomic mass is 10.2. The van der Waals surface area contributed by atoms with Crippen LogP contribution in [0.4, 0.5) is 0 Å². The zero-order valence-electron chi connectivity index (χ0n) is 5.20. The molecule has 0 fully saturated rings. The lowest BCUT2D eigenvalue weighted by Gasteiger charge is -1.89. The first kappa shape index (κ1) is 5.35. The number of nitrogens with zero attached hydrogens (tertiary/aromatic N) is 2. The summed E-state index contributed by atoms with van der Waals surface area (Å²) in [5, 5.41) is 0.932. The minimum absolute atomic E-state index is 0.887. The van der Waals surface area contributed by atoms with Gasteiger partial charge in [0.25, 0.3) is 0 Å². The molecule has 2 aromatic rings. The van der Waals surface area contributed by atoms with E-state index >= 15 is 0 Å². The molecule has 1 aromatic carbocycles. The first-order chi connectivity index (χ1) is 4.97. The van der Waals surface area contributed by atoms with E-state index in [9.17, 15) is 0 Å². The summed E-state index contributed by atoms with van der Waals surface area (Å²) in [5.74, 6) is 0. The quantitative estimate of drug-likeness (QED) is 0.533. The summed E-state index contributed by atoms with van der Waals surface area (Å²) in [6.45, 7) is 0. The van der Waals surface area contributed by atoms with Gasteiger partial charge < -0.3 is 0 Å². The van der Waals surface area contributed by atoms with Gasteiger partial charge in [-0.05, 0) is 6.07 Å². The Morgan fingerprint density at radius 1 is 1.20 bits per heavy atom. The first-order valence-corrected chi connectivity index (χ1v) is 2.97. The van der Waals surface area contributed by atoms with Crippen molar-refractivity contribution in [3.8, 4) is 0 Å². The van der Waals surface area contributed by atoms with Gasteiger partial charge in [0.05, 0.1) is 5.52 Å². The summed E-state index contributed by atoms with van der Waals surface area (Å²) >= 11 is 0. The smallest absolute Gasteiger partial charge is 0.199 e. The molecule has 0 unspecified atom stereocenters. The molecule has 46 valence electrons. The molecule has 0 aliphatic rings. The molecule has 0 atom stereocenters. The topological polar surface area (TPSA) is 25.8 Å².